The molecule has 13 heavy (non-hydrogen) atoms. The molecule has 0 aliphatic carbocycles. The zero-order valence-corrected chi connectivity index (χ0v) is 8.12. The second-order valence-corrected chi connectivity index (χ2v) is 3.25. The van der Waals surface area contributed by atoms with Crippen LogP contribution in [0.15, 0.2) is 18.5 Å². The van der Waals surface area contributed by atoms with Gasteiger partial charge in [0.1, 0.15) is 0 Å². The van der Waals surface area contributed by atoms with Gasteiger partial charge in [-0.25, -0.2) is 0 Å². The van der Waals surface area contributed by atoms with Gasteiger partial charge >= 0.3 is 0 Å². The molecule has 70 valence electrons. The van der Waals surface area contributed by atoms with Crippen LogP contribution in [-0.4, -0.2) is 29.5 Å². The van der Waals surface area contributed by atoms with Crippen LogP contribution in [0.2, 0.25) is 0 Å². The zero-order valence-electron chi connectivity index (χ0n) is 8.12. The molecule has 0 amide bonds. The average Bonchev–Trinajstić information content (AvgIpc) is 2.65. The van der Waals surface area contributed by atoms with E-state index in [9.17, 15) is 0 Å². The largest absolute Gasteiger partial charge is 0.367 e. The Morgan fingerprint density at radius 3 is 3.00 bits per heavy atom. The van der Waals surface area contributed by atoms with Crippen molar-refractivity contribution in [3.63, 3.8) is 0 Å². The van der Waals surface area contributed by atoms with E-state index in [2.05, 4.69) is 17.1 Å². The standard InChI is InChI=1S/C10H15N3/c1-9(7-11)13(2)6-4-10-3-5-12-8-10/h3,5,8-9,12H,4,6H2,1-2H3. The van der Waals surface area contributed by atoms with Gasteiger partial charge < -0.3 is 4.98 Å². The maximum absolute atomic E-state index is 8.66. The maximum atomic E-state index is 8.66. The van der Waals surface area contributed by atoms with Gasteiger partial charge in [0.05, 0.1) is 12.1 Å². The van der Waals surface area contributed by atoms with Crippen molar-refractivity contribution in [2.75, 3.05) is 13.6 Å². The lowest BCUT2D eigenvalue weighted by Crippen LogP contribution is -2.29. The topological polar surface area (TPSA) is 42.8 Å². The van der Waals surface area contributed by atoms with Crippen LogP contribution in [0.1, 0.15) is 12.5 Å². The summed E-state index contributed by atoms with van der Waals surface area (Å²) in [5.41, 5.74) is 1.29. The summed E-state index contributed by atoms with van der Waals surface area (Å²) in [6.07, 6.45) is 4.90. The van der Waals surface area contributed by atoms with Crippen molar-refractivity contribution in [3.05, 3.63) is 24.0 Å². The molecule has 3 heteroatoms. The molecule has 0 bridgehead atoms. The van der Waals surface area contributed by atoms with E-state index in [1.165, 1.54) is 5.56 Å². The molecule has 0 fully saturated rings. The summed E-state index contributed by atoms with van der Waals surface area (Å²) in [6, 6.07) is 4.27. The Balaban J connectivity index is 2.31. The van der Waals surface area contributed by atoms with Gasteiger partial charge in [-0.1, -0.05) is 0 Å². The van der Waals surface area contributed by atoms with E-state index in [0.29, 0.717) is 0 Å². The van der Waals surface area contributed by atoms with Crippen LogP contribution in [0.25, 0.3) is 0 Å². The fraction of sp³-hybridized carbons (Fsp3) is 0.500. The average molecular weight is 177 g/mol. The van der Waals surface area contributed by atoms with Crippen LogP contribution in [0, 0.1) is 11.3 Å². The highest BCUT2D eigenvalue weighted by Crippen LogP contribution is 2.01. The summed E-state index contributed by atoms with van der Waals surface area (Å²) in [6.45, 7) is 2.84. The lowest BCUT2D eigenvalue weighted by Gasteiger charge is -2.17. The minimum Gasteiger partial charge on any atom is -0.367 e. The first kappa shape index (κ1) is 9.82. The summed E-state index contributed by atoms with van der Waals surface area (Å²) in [5, 5.41) is 8.66. The summed E-state index contributed by atoms with van der Waals surface area (Å²) < 4.78 is 0. The number of aromatic nitrogens is 1. The molecule has 1 aromatic heterocycles. The van der Waals surface area contributed by atoms with Gasteiger partial charge in [0.2, 0.25) is 0 Å². The molecule has 0 saturated heterocycles. The molecule has 0 aliphatic rings. The highest BCUT2D eigenvalue weighted by molar-refractivity contribution is 5.08. The Hall–Kier alpha value is -1.27. The van der Waals surface area contributed by atoms with Crippen molar-refractivity contribution in [2.45, 2.75) is 19.4 Å². The third kappa shape index (κ3) is 2.92. The summed E-state index contributed by atoms with van der Waals surface area (Å²) >= 11 is 0. The highest BCUT2D eigenvalue weighted by Gasteiger charge is 2.06. The molecule has 1 heterocycles. The Morgan fingerprint density at radius 2 is 2.46 bits per heavy atom. The first-order valence-corrected chi connectivity index (χ1v) is 4.45. The zero-order chi connectivity index (χ0) is 9.68. The van der Waals surface area contributed by atoms with Crippen LogP contribution in [0.3, 0.4) is 0 Å². The number of rotatable bonds is 4. The fourth-order valence-electron chi connectivity index (χ4n) is 1.11. The van der Waals surface area contributed by atoms with Crippen molar-refractivity contribution in [1.29, 1.82) is 5.26 Å². The minimum absolute atomic E-state index is 0.000980. The second kappa shape index (κ2) is 4.68. The van der Waals surface area contributed by atoms with Gasteiger partial charge in [0, 0.05) is 18.9 Å². The number of nitrogens with zero attached hydrogens (tertiary/aromatic N) is 2. The smallest absolute Gasteiger partial charge is 0.0946 e. The molecule has 1 aromatic rings. The predicted molar refractivity (Wildman–Crippen MR) is 52.2 cm³/mol. The van der Waals surface area contributed by atoms with E-state index in [4.69, 9.17) is 5.26 Å². The molecule has 1 rings (SSSR count). The molecule has 0 saturated carbocycles. The van der Waals surface area contributed by atoms with Gasteiger partial charge in [-0.3, -0.25) is 4.90 Å². The number of aromatic amines is 1. The molecule has 0 radical (unpaired) electrons. The number of likely N-dealkylation sites (N-methyl/N-ethyl adjacent to an activating group) is 1. The molecule has 3 nitrogen and oxygen atoms in total. The number of nitriles is 1. The predicted octanol–water partition coefficient (Wildman–Crippen LogP) is 1.40. The monoisotopic (exact) mass is 177 g/mol. The van der Waals surface area contributed by atoms with Crippen LogP contribution in [-0.2, 0) is 6.42 Å². The van der Waals surface area contributed by atoms with Gasteiger partial charge in [-0.2, -0.15) is 5.26 Å². The molecule has 0 spiro atoms. The van der Waals surface area contributed by atoms with Crippen LogP contribution < -0.4 is 0 Å². The molecule has 1 unspecified atom stereocenters. The van der Waals surface area contributed by atoms with Gasteiger partial charge in [0.15, 0.2) is 0 Å². The van der Waals surface area contributed by atoms with Crippen molar-refractivity contribution in [3.8, 4) is 6.07 Å². The van der Waals surface area contributed by atoms with E-state index in [-0.39, 0.29) is 6.04 Å². The van der Waals surface area contributed by atoms with E-state index in [1.807, 2.05) is 31.3 Å². The van der Waals surface area contributed by atoms with E-state index < -0.39 is 0 Å². The Kier molecular flexibility index (Phi) is 3.53. The normalized spacial score (nSPS) is 12.8. The van der Waals surface area contributed by atoms with Gasteiger partial charge in [-0.05, 0) is 32.0 Å². The number of H-pyrrole nitrogens is 1. The maximum Gasteiger partial charge on any atom is 0.0946 e. The molecular formula is C10H15N3. The Morgan fingerprint density at radius 1 is 1.69 bits per heavy atom. The second-order valence-electron chi connectivity index (χ2n) is 3.25. The summed E-state index contributed by atoms with van der Waals surface area (Å²) in [4.78, 5) is 5.06. The van der Waals surface area contributed by atoms with E-state index in [0.717, 1.165) is 13.0 Å². The third-order valence-corrected chi connectivity index (χ3v) is 2.26. The minimum atomic E-state index is -0.000980. The molecule has 1 atom stereocenters. The van der Waals surface area contributed by atoms with Crippen molar-refractivity contribution in [2.24, 2.45) is 0 Å². The van der Waals surface area contributed by atoms with Gasteiger partial charge in [-0.15, -0.1) is 0 Å². The number of hydrogen-bond donors (Lipinski definition) is 1. The molecule has 1 N–H and O–H groups in total. The Labute approximate surface area is 79.0 Å². The third-order valence-electron chi connectivity index (χ3n) is 2.26. The first-order chi connectivity index (χ1) is 6.24. The lowest BCUT2D eigenvalue weighted by molar-refractivity contribution is 0.306. The van der Waals surface area contributed by atoms with Crippen LogP contribution in [0.5, 0.6) is 0 Å². The van der Waals surface area contributed by atoms with Crippen molar-refractivity contribution >= 4 is 0 Å². The fourth-order valence-corrected chi connectivity index (χ4v) is 1.11. The van der Waals surface area contributed by atoms with Crippen LogP contribution >= 0.6 is 0 Å². The van der Waals surface area contributed by atoms with E-state index in [1.54, 1.807) is 0 Å². The summed E-state index contributed by atoms with van der Waals surface area (Å²) in [7, 11) is 1.97. The lowest BCUT2D eigenvalue weighted by atomic mass is 10.2. The number of hydrogen-bond acceptors (Lipinski definition) is 2. The molecule has 0 aliphatic heterocycles. The molecule has 0 aromatic carbocycles. The first-order valence-electron chi connectivity index (χ1n) is 4.45. The van der Waals surface area contributed by atoms with Crippen molar-refractivity contribution < 1.29 is 0 Å². The quantitative estimate of drug-likeness (QED) is 0.755. The molecular weight excluding hydrogens is 162 g/mol. The number of nitrogens with one attached hydrogen (secondary N) is 1. The Bertz CT molecular complexity index is 271. The van der Waals surface area contributed by atoms with Crippen molar-refractivity contribution in [1.82, 2.24) is 9.88 Å². The highest BCUT2D eigenvalue weighted by atomic mass is 15.1. The SMILES string of the molecule is CC(C#N)N(C)CCc1cc[nH]c1. The van der Waals surface area contributed by atoms with Gasteiger partial charge in [0.25, 0.3) is 0 Å². The van der Waals surface area contributed by atoms with Crippen LogP contribution in [0.4, 0.5) is 0 Å². The van der Waals surface area contributed by atoms with E-state index >= 15 is 0 Å². The summed E-state index contributed by atoms with van der Waals surface area (Å²) in [5.74, 6) is 0.